The molecule has 1 unspecified atom stereocenters. The van der Waals surface area contributed by atoms with E-state index in [0.717, 1.165) is 32.4 Å². The third kappa shape index (κ3) is 11.7. The van der Waals surface area contributed by atoms with Gasteiger partial charge in [0.2, 0.25) is 17.7 Å². The van der Waals surface area contributed by atoms with Crippen LogP contribution in [-0.4, -0.2) is 99.0 Å². The van der Waals surface area contributed by atoms with Gasteiger partial charge in [0.1, 0.15) is 22.7 Å². The van der Waals surface area contributed by atoms with E-state index in [1.807, 2.05) is 58.3 Å². The Balaban J connectivity index is 0.763. The predicted molar refractivity (Wildman–Crippen MR) is 287 cm³/mol. The molecule has 6 heterocycles. The molecule has 3 aliphatic heterocycles. The smallest absolute Gasteiger partial charge is 0.358 e. The number of aromatic nitrogens is 4. The van der Waals surface area contributed by atoms with Gasteiger partial charge in [-0.1, -0.05) is 59.9 Å². The van der Waals surface area contributed by atoms with Crippen LogP contribution in [0, 0.1) is 18.8 Å². The van der Waals surface area contributed by atoms with Crippen molar-refractivity contribution in [1.29, 1.82) is 0 Å². The number of amides is 4. The number of hydrogen-bond acceptors (Lipinski definition) is 13. The number of nitrogens with one attached hydrogen (secondary N) is 4. The fraction of sp³-hybridized carbons (Fsp3) is 0.368. The van der Waals surface area contributed by atoms with E-state index in [4.69, 9.17) is 14.5 Å². The summed E-state index contributed by atoms with van der Waals surface area (Å²) < 4.78 is 44.4. The van der Waals surface area contributed by atoms with Crippen LogP contribution in [0.2, 0.25) is 0 Å². The number of hydrogen-bond donors (Lipinski definition) is 4. The molecule has 4 aromatic carbocycles. The van der Waals surface area contributed by atoms with Crippen molar-refractivity contribution in [2.45, 2.75) is 90.7 Å². The molecule has 0 spiro atoms. The minimum atomic E-state index is -3.15. The van der Waals surface area contributed by atoms with Crippen LogP contribution >= 0.6 is 11.3 Å². The zero-order valence-electron chi connectivity index (χ0n) is 42.8. The average molecular weight is 1050 g/mol. The lowest BCUT2D eigenvalue weighted by Gasteiger charge is -2.33. The molecular weight excluding hydrogens is 993 g/mol. The molecule has 2 fully saturated rings. The number of esters is 1. The maximum absolute atomic E-state index is 15.8. The number of nitrogens with zero attached hydrogens (tertiary/aromatic N) is 5. The number of aromatic amines is 1. The lowest BCUT2D eigenvalue weighted by Crippen LogP contribution is -2.41. The number of thiazole rings is 1. The number of fused-ring (bicyclic) bond motifs is 3. The molecule has 10 rings (SSSR count). The summed E-state index contributed by atoms with van der Waals surface area (Å²) in [6, 6.07) is 27.6. The Labute approximate surface area is 442 Å². The third-order valence-corrected chi connectivity index (χ3v) is 15.2. The SMILES string of the molecule is Cc1c(OCC(F)(F)CC2CCN(CC(=O)Nc3cccc4c(CC5CCC(=O)NC5=O)[nH]nc34)CC2)cccc1-c1ccc(N2CCc3cccc(C(=O)Nc4nc5ccccc5s4)c3C2)nc1C(=O)OC(C)(C)C. The first kappa shape index (κ1) is 51.8. The number of pyridine rings is 1. The summed E-state index contributed by atoms with van der Waals surface area (Å²) in [5.74, 6) is -4.79. The molecule has 16 nitrogen and oxygen atoms in total. The molecule has 0 radical (unpaired) electrons. The molecule has 0 bridgehead atoms. The van der Waals surface area contributed by atoms with Gasteiger partial charge in [-0.05, 0) is 137 Å². The van der Waals surface area contributed by atoms with Gasteiger partial charge in [0.05, 0.1) is 22.4 Å². The Hall–Kier alpha value is -7.64. The van der Waals surface area contributed by atoms with E-state index in [2.05, 4.69) is 31.1 Å². The van der Waals surface area contributed by atoms with Crippen molar-refractivity contribution >= 4 is 78.7 Å². The van der Waals surface area contributed by atoms with Crippen molar-refractivity contribution in [2.24, 2.45) is 11.8 Å². The number of anilines is 3. The van der Waals surface area contributed by atoms with E-state index in [9.17, 15) is 24.0 Å². The van der Waals surface area contributed by atoms with Gasteiger partial charge in [0, 0.05) is 60.5 Å². The van der Waals surface area contributed by atoms with E-state index in [1.54, 1.807) is 70.2 Å². The molecule has 0 saturated carbocycles. The molecule has 0 aliphatic carbocycles. The largest absolute Gasteiger partial charge is 0.487 e. The number of imide groups is 1. The molecule has 394 valence electrons. The van der Waals surface area contributed by atoms with Crippen LogP contribution in [-0.2, 0) is 38.5 Å². The summed E-state index contributed by atoms with van der Waals surface area (Å²) >= 11 is 1.41. The molecule has 3 aromatic heterocycles. The summed E-state index contributed by atoms with van der Waals surface area (Å²) in [5, 5.41) is 17.0. The second-order valence-electron chi connectivity index (χ2n) is 20.9. The lowest BCUT2D eigenvalue weighted by atomic mass is 9.91. The first-order valence-corrected chi connectivity index (χ1v) is 26.4. The summed E-state index contributed by atoms with van der Waals surface area (Å²) in [7, 11) is 0. The number of ether oxygens (including phenoxy) is 2. The van der Waals surface area contributed by atoms with E-state index in [-0.39, 0.29) is 66.3 Å². The highest BCUT2D eigenvalue weighted by atomic mass is 32.1. The first-order valence-electron chi connectivity index (χ1n) is 25.6. The Morgan fingerprint density at radius 1 is 0.855 bits per heavy atom. The van der Waals surface area contributed by atoms with E-state index < -0.39 is 24.1 Å². The predicted octanol–water partition coefficient (Wildman–Crippen LogP) is 9.66. The summed E-state index contributed by atoms with van der Waals surface area (Å²) in [6.45, 7) is 8.20. The van der Waals surface area contributed by atoms with Gasteiger partial charge < -0.3 is 19.7 Å². The van der Waals surface area contributed by atoms with Crippen molar-refractivity contribution in [3.8, 4) is 16.9 Å². The number of halogens is 2. The molecule has 4 N–H and O–H groups in total. The van der Waals surface area contributed by atoms with Crippen molar-refractivity contribution in [2.75, 3.05) is 48.3 Å². The van der Waals surface area contributed by atoms with Crippen LogP contribution in [0.4, 0.5) is 25.4 Å². The number of benzene rings is 4. The number of H-pyrrole nitrogens is 1. The molecule has 2 saturated heterocycles. The Morgan fingerprint density at radius 2 is 1.64 bits per heavy atom. The maximum Gasteiger partial charge on any atom is 0.358 e. The molecule has 7 aromatic rings. The standard InChI is InChI=1S/C57H59F2N9O7S/c1-33-37(38-19-20-47(62-51(38)54(73)75-56(2,3)4)68-27-24-35-10-7-12-39(41(35)30-68)53(72)64-55-61-42-14-5-6-17-46(42)76-55)11-9-16-45(33)74-32-57(58,59)29-34-22-25-67(26-23-34)31-49(70)60-43-15-8-13-40-44(65-66-50(40)43)28-36-18-21-48(69)63-52(36)71/h5-17,19-20,34,36H,18,21-32H2,1-4H3,(H,60,70)(H,65,66)(H,61,64,72)(H,63,69,71). The minimum Gasteiger partial charge on any atom is -0.487 e. The highest BCUT2D eigenvalue weighted by Crippen LogP contribution is 2.38. The average Bonchev–Trinajstić information content (AvgIpc) is 4.03. The van der Waals surface area contributed by atoms with E-state index in [0.29, 0.717) is 103 Å². The Bertz CT molecular complexity index is 3350. The van der Waals surface area contributed by atoms with Crippen molar-refractivity contribution in [3.63, 3.8) is 0 Å². The molecular formula is C57H59F2N9O7S. The number of rotatable bonds is 15. The number of carbonyl (C=O) groups excluding carboxylic acids is 5. The lowest BCUT2D eigenvalue weighted by molar-refractivity contribution is -0.136. The number of carbonyl (C=O) groups is 5. The topological polar surface area (TPSA) is 201 Å². The van der Waals surface area contributed by atoms with Gasteiger partial charge in [-0.3, -0.25) is 39.8 Å². The van der Waals surface area contributed by atoms with Gasteiger partial charge in [0.25, 0.3) is 11.8 Å². The summed E-state index contributed by atoms with van der Waals surface area (Å²) in [4.78, 5) is 78.6. The van der Waals surface area contributed by atoms with Crippen molar-refractivity contribution in [3.05, 3.63) is 125 Å². The first-order chi connectivity index (χ1) is 36.4. The van der Waals surface area contributed by atoms with Gasteiger partial charge in [-0.15, -0.1) is 0 Å². The zero-order chi connectivity index (χ0) is 53.3. The number of alkyl halides is 2. The second-order valence-corrected chi connectivity index (χ2v) is 22.0. The highest BCUT2D eigenvalue weighted by molar-refractivity contribution is 7.22. The summed E-state index contributed by atoms with van der Waals surface area (Å²) in [5.41, 5.74) is 5.83. The van der Waals surface area contributed by atoms with Crippen molar-refractivity contribution < 1.29 is 42.2 Å². The molecule has 76 heavy (non-hydrogen) atoms. The quantitative estimate of drug-likeness (QED) is 0.0561. The third-order valence-electron chi connectivity index (χ3n) is 14.2. The highest BCUT2D eigenvalue weighted by Gasteiger charge is 2.36. The minimum absolute atomic E-state index is 0.0575. The van der Waals surface area contributed by atoms with Crippen molar-refractivity contribution in [1.82, 2.24) is 30.4 Å². The monoisotopic (exact) mass is 1050 g/mol. The second kappa shape index (κ2) is 21.5. The molecule has 19 heteroatoms. The Morgan fingerprint density at radius 3 is 2.43 bits per heavy atom. The van der Waals surface area contributed by atoms with Gasteiger partial charge in [-0.2, -0.15) is 5.10 Å². The molecule has 4 amide bonds. The number of para-hydroxylation sites is 2. The van der Waals surface area contributed by atoms with Crippen LogP contribution in [0.3, 0.4) is 0 Å². The zero-order valence-corrected chi connectivity index (χ0v) is 43.6. The van der Waals surface area contributed by atoms with Crippen LogP contribution in [0.25, 0.3) is 32.2 Å². The van der Waals surface area contributed by atoms with Gasteiger partial charge in [0.15, 0.2) is 17.4 Å². The van der Waals surface area contributed by atoms with Gasteiger partial charge >= 0.3 is 5.97 Å². The molecule has 3 aliphatic rings. The normalized spacial score (nSPS) is 16.6. The Kier molecular flexibility index (Phi) is 14.7. The fourth-order valence-corrected chi connectivity index (χ4v) is 11.3. The maximum atomic E-state index is 15.8. The van der Waals surface area contributed by atoms with Crippen LogP contribution in [0.15, 0.2) is 91.0 Å². The van der Waals surface area contributed by atoms with Crippen LogP contribution in [0.5, 0.6) is 5.75 Å². The summed E-state index contributed by atoms with van der Waals surface area (Å²) in [6.07, 6.45) is 2.34. The van der Waals surface area contributed by atoms with E-state index >= 15 is 8.78 Å². The number of piperidine rings is 2. The fourth-order valence-electron chi connectivity index (χ4n) is 10.4. The molecule has 1 atom stereocenters. The van der Waals surface area contributed by atoms with E-state index in [1.165, 1.54) is 11.3 Å². The van der Waals surface area contributed by atoms with Gasteiger partial charge in [-0.25, -0.2) is 23.5 Å². The number of likely N-dealkylation sites (tertiary alicyclic amines) is 1. The van der Waals surface area contributed by atoms with Crippen LogP contribution in [0.1, 0.15) is 96.1 Å². The van der Waals surface area contributed by atoms with Crippen LogP contribution < -0.4 is 25.6 Å².